The molecule has 0 spiro atoms. The van der Waals surface area contributed by atoms with E-state index >= 15 is 0 Å². The van der Waals surface area contributed by atoms with Gasteiger partial charge in [-0.25, -0.2) is 9.78 Å². The van der Waals surface area contributed by atoms with Crippen LogP contribution in [-0.2, 0) is 12.3 Å². The van der Waals surface area contributed by atoms with Crippen molar-refractivity contribution in [1.82, 2.24) is 9.55 Å². The lowest BCUT2D eigenvalue weighted by Crippen LogP contribution is -2.22. The van der Waals surface area contributed by atoms with Crippen molar-refractivity contribution in [2.75, 3.05) is 0 Å². The van der Waals surface area contributed by atoms with Gasteiger partial charge in [0, 0.05) is 34.3 Å². The molecule has 6 nitrogen and oxygen atoms in total. The molecule has 8 heteroatoms. The summed E-state index contributed by atoms with van der Waals surface area (Å²) in [5.74, 6) is 0.436. The number of thioether (sulfide) groups is 1. The number of phenols is 1. The maximum Gasteiger partial charge on any atom is 0.336 e. The first-order valence-electron chi connectivity index (χ1n) is 9.08. The number of phenolic OH excluding ortho intramolecular Hbond substituents is 1. The first-order valence-corrected chi connectivity index (χ1v) is 10.4. The van der Waals surface area contributed by atoms with Crippen LogP contribution in [0.3, 0.4) is 0 Å². The van der Waals surface area contributed by atoms with Gasteiger partial charge in [-0.15, -0.1) is 6.58 Å². The van der Waals surface area contributed by atoms with Crippen molar-refractivity contribution in [3.05, 3.63) is 86.0 Å². The van der Waals surface area contributed by atoms with Gasteiger partial charge < -0.3 is 9.52 Å². The van der Waals surface area contributed by atoms with E-state index in [0.717, 1.165) is 10.9 Å². The number of halogens is 1. The van der Waals surface area contributed by atoms with Crippen molar-refractivity contribution in [2.45, 2.75) is 24.4 Å². The summed E-state index contributed by atoms with van der Waals surface area (Å²) in [6.07, 6.45) is 1.63. The number of nitrogens with zero attached hydrogens (tertiary/aromatic N) is 2. The molecule has 0 aliphatic heterocycles. The van der Waals surface area contributed by atoms with Gasteiger partial charge in [0.25, 0.3) is 5.56 Å². The van der Waals surface area contributed by atoms with Crippen molar-refractivity contribution < 1.29 is 9.52 Å². The van der Waals surface area contributed by atoms with E-state index in [0.29, 0.717) is 44.5 Å². The Labute approximate surface area is 180 Å². The van der Waals surface area contributed by atoms with Crippen LogP contribution in [0.25, 0.3) is 21.9 Å². The molecular weight excluding hydrogens is 424 g/mol. The zero-order valence-corrected chi connectivity index (χ0v) is 17.6. The summed E-state index contributed by atoms with van der Waals surface area (Å²) >= 11 is 7.40. The quantitative estimate of drug-likeness (QED) is 0.210. The van der Waals surface area contributed by atoms with Crippen LogP contribution in [0.1, 0.15) is 11.1 Å². The third-order valence-electron chi connectivity index (χ3n) is 4.77. The number of aromatic hydroxyl groups is 1. The first kappa shape index (κ1) is 20.3. The number of hydrogen-bond donors (Lipinski definition) is 1. The highest BCUT2D eigenvalue weighted by atomic mass is 35.5. The molecule has 4 rings (SSSR count). The van der Waals surface area contributed by atoms with E-state index in [1.54, 1.807) is 47.9 Å². The Hall–Kier alpha value is -3.03. The number of benzene rings is 2. The monoisotopic (exact) mass is 440 g/mol. The van der Waals surface area contributed by atoms with Crippen molar-refractivity contribution in [2.24, 2.45) is 0 Å². The number of fused-ring (bicyclic) bond motifs is 2. The van der Waals surface area contributed by atoms with Gasteiger partial charge in [0.15, 0.2) is 5.16 Å². The SMILES string of the molecule is C=CCn1c(SCc2cc(=O)oc3c(C)c(O)ccc23)nc2cc(Cl)ccc2c1=O. The second-order valence-corrected chi connectivity index (χ2v) is 8.10. The number of hydrogen-bond acceptors (Lipinski definition) is 6. The third-order valence-corrected chi connectivity index (χ3v) is 6.03. The van der Waals surface area contributed by atoms with Gasteiger partial charge in [0.2, 0.25) is 0 Å². The molecule has 0 unspecified atom stereocenters. The van der Waals surface area contributed by atoms with Crippen LogP contribution >= 0.6 is 23.4 Å². The van der Waals surface area contributed by atoms with Gasteiger partial charge in [-0.3, -0.25) is 9.36 Å². The van der Waals surface area contributed by atoms with Crippen molar-refractivity contribution in [1.29, 1.82) is 0 Å². The summed E-state index contributed by atoms with van der Waals surface area (Å²) in [5, 5.41) is 12.1. The van der Waals surface area contributed by atoms with Gasteiger partial charge in [-0.1, -0.05) is 29.4 Å². The Bertz CT molecular complexity index is 1430. The van der Waals surface area contributed by atoms with E-state index in [2.05, 4.69) is 11.6 Å². The molecule has 0 aliphatic carbocycles. The summed E-state index contributed by atoms with van der Waals surface area (Å²) in [4.78, 5) is 29.6. The largest absolute Gasteiger partial charge is 0.508 e. The van der Waals surface area contributed by atoms with Crippen LogP contribution in [-0.4, -0.2) is 14.7 Å². The molecule has 152 valence electrons. The van der Waals surface area contributed by atoms with Gasteiger partial charge >= 0.3 is 5.63 Å². The van der Waals surface area contributed by atoms with Crippen molar-refractivity contribution in [3.63, 3.8) is 0 Å². The smallest absolute Gasteiger partial charge is 0.336 e. The predicted octanol–water partition coefficient (Wildman–Crippen LogP) is 4.65. The van der Waals surface area contributed by atoms with E-state index in [9.17, 15) is 14.7 Å². The lowest BCUT2D eigenvalue weighted by molar-refractivity contribution is 0.468. The van der Waals surface area contributed by atoms with Crippen LogP contribution in [0.15, 0.2) is 68.2 Å². The number of rotatable bonds is 5. The fraction of sp³-hybridized carbons (Fsp3) is 0.136. The minimum absolute atomic E-state index is 0.0587. The molecule has 2 heterocycles. The van der Waals surface area contributed by atoms with Crippen LogP contribution < -0.4 is 11.2 Å². The van der Waals surface area contributed by atoms with Crippen LogP contribution in [0.2, 0.25) is 5.02 Å². The van der Waals surface area contributed by atoms with Crippen LogP contribution in [0, 0.1) is 6.92 Å². The summed E-state index contributed by atoms with van der Waals surface area (Å²) in [6, 6.07) is 9.66. The van der Waals surface area contributed by atoms with E-state index in [4.69, 9.17) is 16.0 Å². The molecule has 0 amide bonds. The fourth-order valence-electron chi connectivity index (χ4n) is 3.25. The minimum Gasteiger partial charge on any atom is -0.508 e. The molecule has 30 heavy (non-hydrogen) atoms. The summed E-state index contributed by atoms with van der Waals surface area (Å²) < 4.78 is 6.83. The predicted molar refractivity (Wildman–Crippen MR) is 120 cm³/mol. The van der Waals surface area contributed by atoms with E-state index in [1.807, 2.05) is 0 Å². The minimum atomic E-state index is -0.506. The van der Waals surface area contributed by atoms with Gasteiger partial charge in [-0.2, -0.15) is 0 Å². The lowest BCUT2D eigenvalue weighted by Gasteiger charge is -2.12. The fourth-order valence-corrected chi connectivity index (χ4v) is 4.42. The number of allylic oxidation sites excluding steroid dienone is 1. The maximum absolute atomic E-state index is 12.9. The van der Waals surface area contributed by atoms with Crippen molar-refractivity contribution >= 4 is 45.2 Å². The number of aromatic nitrogens is 2. The molecule has 0 radical (unpaired) electrons. The molecule has 0 saturated carbocycles. The zero-order valence-electron chi connectivity index (χ0n) is 16.0. The second-order valence-electron chi connectivity index (χ2n) is 6.73. The molecule has 0 saturated heterocycles. The van der Waals surface area contributed by atoms with Crippen LogP contribution in [0.5, 0.6) is 5.75 Å². The summed E-state index contributed by atoms with van der Waals surface area (Å²) in [6.45, 7) is 5.72. The Morgan fingerprint density at radius 2 is 2.00 bits per heavy atom. The molecule has 2 aromatic heterocycles. The average Bonchev–Trinajstić information content (AvgIpc) is 2.71. The Balaban J connectivity index is 1.81. The number of aryl methyl sites for hydroxylation is 1. The molecule has 1 N–H and O–H groups in total. The first-order chi connectivity index (χ1) is 14.4. The second kappa shape index (κ2) is 8.01. The molecule has 0 bridgehead atoms. The maximum atomic E-state index is 12.9. The lowest BCUT2D eigenvalue weighted by atomic mass is 10.1. The Kier molecular flexibility index (Phi) is 5.40. The summed E-state index contributed by atoms with van der Waals surface area (Å²) in [7, 11) is 0. The standard InChI is InChI=1S/C22H17ClN2O4S/c1-3-8-25-21(28)16-5-4-14(23)10-17(16)24-22(25)30-11-13-9-19(27)29-20-12(2)18(26)7-6-15(13)20/h3-7,9-10,26H,1,8,11H2,2H3. The Morgan fingerprint density at radius 3 is 2.77 bits per heavy atom. The van der Waals surface area contributed by atoms with Crippen molar-refractivity contribution in [3.8, 4) is 5.75 Å². The van der Waals surface area contributed by atoms with E-state index < -0.39 is 5.63 Å². The van der Waals surface area contributed by atoms with Gasteiger partial charge in [-0.05, 0) is 42.8 Å². The molecule has 0 aliphatic rings. The van der Waals surface area contributed by atoms with E-state index in [1.165, 1.54) is 17.8 Å². The van der Waals surface area contributed by atoms with Crippen LogP contribution in [0.4, 0.5) is 0 Å². The highest BCUT2D eigenvalue weighted by molar-refractivity contribution is 7.98. The topological polar surface area (TPSA) is 85.3 Å². The molecule has 2 aromatic carbocycles. The van der Waals surface area contributed by atoms with Gasteiger partial charge in [0.05, 0.1) is 10.9 Å². The normalized spacial score (nSPS) is 11.3. The molecule has 0 fully saturated rings. The van der Waals surface area contributed by atoms with E-state index in [-0.39, 0.29) is 11.3 Å². The highest BCUT2D eigenvalue weighted by Crippen LogP contribution is 2.31. The Morgan fingerprint density at radius 1 is 1.23 bits per heavy atom. The third kappa shape index (κ3) is 3.62. The average molecular weight is 441 g/mol. The molecule has 4 aromatic rings. The molecule has 0 atom stereocenters. The highest BCUT2D eigenvalue weighted by Gasteiger charge is 2.15. The van der Waals surface area contributed by atoms with Gasteiger partial charge in [0.1, 0.15) is 11.3 Å². The zero-order chi connectivity index (χ0) is 21.4. The summed E-state index contributed by atoms with van der Waals surface area (Å²) in [5.41, 5.74) is 1.39. The molecular formula is C22H17ClN2O4S.